The summed E-state index contributed by atoms with van der Waals surface area (Å²) < 4.78 is 6.60. The van der Waals surface area contributed by atoms with Gasteiger partial charge in [-0.2, -0.15) is 0 Å². The topological polar surface area (TPSA) is 102 Å². The molecule has 0 saturated carbocycles. The maximum atomic E-state index is 12.3. The van der Waals surface area contributed by atoms with E-state index in [1.807, 2.05) is 13.8 Å². The van der Waals surface area contributed by atoms with Crippen LogP contribution in [0.5, 0.6) is 0 Å². The molecule has 2 aromatic rings. The number of amides is 1. The van der Waals surface area contributed by atoms with Crippen LogP contribution in [0, 0.1) is 20.8 Å². The van der Waals surface area contributed by atoms with Crippen LogP contribution in [0.2, 0.25) is 0 Å². The molecule has 2 aromatic heterocycles. The van der Waals surface area contributed by atoms with Crippen molar-refractivity contribution in [3.63, 3.8) is 0 Å². The predicted octanol–water partition coefficient (Wildman–Crippen LogP) is 0.434. The minimum Gasteiger partial charge on any atom is -0.378 e. The second-order valence-electron chi connectivity index (χ2n) is 6.21. The summed E-state index contributed by atoms with van der Waals surface area (Å²) in [4.78, 5) is 39.3. The molecule has 0 atom stereocenters. The highest BCUT2D eigenvalue weighted by atomic mass is 16.5. The van der Waals surface area contributed by atoms with Crippen LogP contribution in [0.15, 0.2) is 17.2 Å². The molecule has 9 nitrogen and oxygen atoms in total. The third-order valence-corrected chi connectivity index (χ3v) is 4.15. The number of rotatable bonds is 4. The average Bonchev–Trinajstić information content (AvgIpc) is 2.61. The van der Waals surface area contributed by atoms with E-state index in [1.165, 1.54) is 17.0 Å². The minimum atomic E-state index is -0.327. The van der Waals surface area contributed by atoms with Crippen molar-refractivity contribution in [2.45, 2.75) is 27.3 Å². The van der Waals surface area contributed by atoms with Crippen LogP contribution in [-0.2, 0) is 16.1 Å². The number of anilines is 2. The van der Waals surface area contributed by atoms with Gasteiger partial charge in [0, 0.05) is 24.8 Å². The molecule has 0 radical (unpaired) electrons. The number of aryl methyl sites for hydroxylation is 3. The highest BCUT2D eigenvalue weighted by Gasteiger charge is 2.18. The zero-order chi connectivity index (χ0) is 18.7. The zero-order valence-electron chi connectivity index (χ0n) is 15.2. The Morgan fingerprint density at radius 2 is 1.85 bits per heavy atom. The maximum absolute atomic E-state index is 12.3. The minimum absolute atomic E-state index is 0.115. The first-order valence-electron chi connectivity index (χ1n) is 8.45. The lowest BCUT2D eigenvalue weighted by molar-refractivity contribution is -0.116. The number of hydrogen-bond donors (Lipinski definition) is 1. The molecule has 1 saturated heterocycles. The van der Waals surface area contributed by atoms with Gasteiger partial charge in [0.25, 0.3) is 5.56 Å². The smallest absolute Gasteiger partial charge is 0.253 e. The Kier molecular flexibility index (Phi) is 5.27. The lowest BCUT2D eigenvalue weighted by Crippen LogP contribution is -2.37. The number of carbonyl (C=O) groups excluding carboxylic acids is 1. The van der Waals surface area contributed by atoms with Crippen molar-refractivity contribution in [2.75, 3.05) is 36.5 Å². The standard InChI is InChI=1S/C17H22N6O3/c1-11-8-15(25)23(10-18-11)9-14(24)21-16-12(2)19-17(20-13(16)3)22-4-6-26-7-5-22/h8,10H,4-7,9H2,1-3H3,(H,21,24). The lowest BCUT2D eigenvalue weighted by atomic mass is 10.2. The van der Waals surface area contributed by atoms with Crippen molar-refractivity contribution < 1.29 is 9.53 Å². The van der Waals surface area contributed by atoms with E-state index in [0.717, 1.165) is 13.1 Å². The third-order valence-electron chi connectivity index (χ3n) is 4.15. The number of nitrogens with zero attached hydrogens (tertiary/aromatic N) is 5. The second kappa shape index (κ2) is 7.61. The van der Waals surface area contributed by atoms with E-state index in [0.29, 0.717) is 41.9 Å². The van der Waals surface area contributed by atoms with Crippen LogP contribution < -0.4 is 15.8 Å². The van der Waals surface area contributed by atoms with Crippen LogP contribution in [0.4, 0.5) is 11.6 Å². The van der Waals surface area contributed by atoms with Gasteiger partial charge in [0.2, 0.25) is 11.9 Å². The Morgan fingerprint density at radius 1 is 1.19 bits per heavy atom. The third kappa shape index (κ3) is 4.05. The highest BCUT2D eigenvalue weighted by Crippen LogP contribution is 2.21. The first-order valence-corrected chi connectivity index (χ1v) is 8.45. The van der Waals surface area contributed by atoms with E-state index in [-0.39, 0.29) is 18.0 Å². The molecule has 0 spiro atoms. The summed E-state index contributed by atoms with van der Waals surface area (Å²) in [5, 5.41) is 2.80. The molecular formula is C17H22N6O3. The quantitative estimate of drug-likeness (QED) is 0.846. The van der Waals surface area contributed by atoms with Gasteiger partial charge in [0.15, 0.2) is 0 Å². The first-order chi connectivity index (χ1) is 12.4. The van der Waals surface area contributed by atoms with Gasteiger partial charge in [-0.25, -0.2) is 15.0 Å². The highest BCUT2D eigenvalue weighted by molar-refractivity contribution is 5.91. The predicted molar refractivity (Wildman–Crippen MR) is 96.4 cm³/mol. The molecule has 3 rings (SSSR count). The van der Waals surface area contributed by atoms with Crippen LogP contribution in [-0.4, -0.2) is 51.7 Å². The summed E-state index contributed by atoms with van der Waals surface area (Å²) in [6.07, 6.45) is 1.37. The van der Waals surface area contributed by atoms with E-state index in [2.05, 4.69) is 25.2 Å². The second-order valence-corrected chi connectivity index (χ2v) is 6.21. The molecule has 1 amide bonds. The average molecular weight is 358 g/mol. The molecule has 3 heterocycles. The zero-order valence-corrected chi connectivity index (χ0v) is 15.2. The lowest BCUT2D eigenvalue weighted by Gasteiger charge is -2.27. The summed E-state index contributed by atoms with van der Waals surface area (Å²) in [7, 11) is 0. The van der Waals surface area contributed by atoms with Crippen LogP contribution >= 0.6 is 0 Å². The van der Waals surface area contributed by atoms with Gasteiger partial charge in [-0.1, -0.05) is 0 Å². The Morgan fingerprint density at radius 3 is 2.46 bits per heavy atom. The maximum Gasteiger partial charge on any atom is 0.253 e. The normalized spacial score (nSPS) is 14.3. The summed E-state index contributed by atoms with van der Waals surface area (Å²) in [6.45, 7) is 8.06. The van der Waals surface area contributed by atoms with Crippen molar-refractivity contribution in [3.8, 4) is 0 Å². The van der Waals surface area contributed by atoms with Crippen LogP contribution in [0.1, 0.15) is 17.1 Å². The molecule has 26 heavy (non-hydrogen) atoms. The van der Waals surface area contributed by atoms with E-state index in [4.69, 9.17) is 4.74 Å². The van der Waals surface area contributed by atoms with E-state index >= 15 is 0 Å². The number of ether oxygens (including phenoxy) is 1. The molecule has 0 unspecified atom stereocenters. The fourth-order valence-electron chi connectivity index (χ4n) is 2.75. The van der Waals surface area contributed by atoms with Crippen molar-refractivity contribution in [1.29, 1.82) is 0 Å². The molecule has 1 aliphatic heterocycles. The van der Waals surface area contributed by atoms with Crippen molar-refractivity contribution in [3.05, 3.63) is 39.8 Å². The monoisotopic (exact) mass is 358 g/mol. The molecule has 9 heteroatoms. The summed E-state index contributed by atoms with van der Waals surface area (Å²) >= 11 is 0. The summed E-state index contributed by atoms with van der Waals surface area (Å²) in [5.74, 6) is 0.312. The summed E-state index contributed by atoms with van der Waals surface area (Å²) in [6, 6.07) is 1.39. The Labute approximate surface area is 151 Å². The summed E-state index contributed by atoms with van der Waals surface area (Å²) in [5.41, 5.74) is 2.29. The van der Waals surface area contributed by atoms with Gasteiger partial charge in [0.1, 0.15) is 6.54 Å². The Balaban J connectivity index is 1.74. The SMILES string of the molecule is Cc1cc(=O)n(CC(=O)Nc2c(C)nc(N3CCOCC3)nc2C)cn1. The van der Waals surface area contributed by atoms with Gasteiger partial charge in [-0.05, 0) is 20.8 Å². The van der Waals surface area contributed by atoms with Crippen molar-refractivity contribution in [2.24, 2.45) is 0 Å². The number of aromatic nitrogens is 4. The van der Waals surface area contributed by atoms with Gasteiger partial charge in [-0.3, -0.25) is 14.2 Å². The van der Waals surface area contributed by atoms with Crippen LogP contribution in [0.25, 0.3) is 0 Å². The fourth-order valence-corrected chi connectivity index (χ4v) is 2.75. The van der Waals surface area contributed by atoms with E-state index in [9.17, 15) is 9.59 Å². The number of carbonyl (C=O) groups is 1. The number of hydrogen-bond acceptors (Lipinski definition) is 7. The van der Waals surface area contributed by atoms with E-state index in [1.54, 1.807) is 6.92 Å². The Bertz CT molecular complexity index is 850. The molecule has 1 aliphatic rings. The first kappa shape index (κ1) is 18.0. The van der Waals surface area contributed by atoms with Crippen molar-refractivity contribution in [1.82, 2.24) is 19.5 Å². The van der Waals surface area contributed by atoms with Gasteiger partial charge >= 0.3 is 0 Å². The van der Waals surface area contributed by atoms with Gasteiger partial charge in [0.05, 0.1) is 36.6 Å². The van der Waals surface area contributed by atoms with Gasteiger partial charge in [-0.15, -0.1) is 0 Å². The number of nitrogens with one attached hydrogen (secondary N) is 1. The molecule has 1 N–H and O–H groups in total. The molecule has 0 aliphatic carbocycles. The molecular weight excluding hydrogens is 336 g/mol. The van der Waals surface area contributed by atoms with Crippen molar-refractivity contribution >= 4 is 17.5 Å². The molecule has 0 bridgehead atoms. The van der Waals surface area contributed by atoms with Gasteiger partial charge < -0.3 is 15.0 Å². The number of morpholine rings is 1. The molecule has 1 fully saturated rings. The Hall–Kier alpha value is -2.81. The molecule has 138 valence electrons. The fraction of sp³-hybridized carbons (Fsp3) is 0.471. The van der Waals surface area contributed by atoms with E-state index < -0.39 is 0 Å². The van der Waals surface area contributed by atoms with Crippen LogP contribution in [0.3, 0.4) is 0 Å². The largest absolute Gasteiger partial charge is 0.378 e. The molecule has 0 aromatic carbocycles.